The fourth-order valence-corrected chi connectivity index (χ4v) is 4.43. The molecule has 5 rings (SSSR count). The van der Waals surface area contributed by atoms with Crippen LogP contribution >= 0.6 is 11.9 Å². The number of pyridine rings is 1. The van der Waals surface area contributed by atoms with Crippen molar-refractivity contribution < 1.29 is 23.7 Å². The lowest BCUT2D eigenvalue weighted by atomic mass is 10.1. The molecule has 1 N–H and O–H groups in total. The first-order valence-electron chi connectivity index (χ1n) is 9.84. The molecule has 2 aromatic carbocycles. The molecule has 1 saturated heterocycles. The summed E-state index contributed by atoms with van der Waals surface area (Å²) in [5, 5.41) is 0.143. The third-order valence-electron chi connectivity index (χ3n) is 5.10. The maximum Gasteiger partial charge on any atom is 0.231 e. The van der Waals surface area contributed by atoms with Crippen LogP contribution in [-0.2, 0) is 4.79 Å². The molecule has 31 heavy (non-hydrogen) atoms. The number of fused-ring (bicyclic) bond motifs is 1. The second-order valence-electron chi connectivity index (χ2n) is 7.14. The van der Waals surface area contributed by atoms with Crippen molar-refractivity contribution in [2.24, 2.45) is 0 Å². The van der Waals surface area contributed by atoms with Gasteiger partial charge >= 0.3 is 0 Å². The second-order valence-corrected chi connectivity index (χ2v) is 8.14. The number of amides is 1. The first-order chi connectivity index (χ1) is 15.2. The van der Waals surface area contributed by atoms with E-state index in [0.29, 0.717) is 36.2 Å². The molecule has 158 valence electrons. The number of rotatable bonds is 6. The number of carbonyl (C=O) groups excluding carboxylic acids is 1. The van der Waals surface area contributed by atoms with Crippen LogP contribution in [0.5, 0.6) is 28.9 Å². The van der Waals surface area contributed by atoms with Crippen LogP contribution in [0, 0.1) is 0 Å². The molecule has 0 spiro atoms. The fourth-order valence-electron chi connectivity index (χ4n) is 3.54. The number of hydrogen-bond donors (Lipinski definition) is 1. The molecule has 0 radical (unpaired) electrons. The van der Waals surface area contributed by atoms with Gasteiger partial charge in [0, 0.05) is 18.1 Å². The van der Waals surface area contributed by atoms with Gasteiger partial charge < -0.3 is 18.9 Å². The van der Waals surface area contributed by atoms with E-state index in [4.69, 9.17) is 18.9 Å². The number of hydrogen-bond acceptors (Lipinski definition) is 7. The number of ether oxygens (including phenoxy) is 4. The highest BCUT2D eigenvalue weighted by molar-refractivity contribution is 7.98. The van der Waals surface area contributed by atoms with Gasteiger partial charge in [0.05, 0.1) is 18.6 Å². The third-order valence-corrected chi connectivity index (χ3v) is 6.17. The van der Waals surface area contributed by atoms with Crippen molar-refractivity contribution in [3.63, 3.8) is 0 Å². The minimum Gasteiger partial charge on any atom is -0.485 e. The smallest absolute Gasteiger partial charge is 0.231 e. The summed E-state index contributed by atoms with van der Waals surface area (Å²) in [4.78, 5) is 15.6. The van der Waals surface area contributed by atoms with E-state index in [1.165, 1.54) is 11.9 Å². The molecule has 7 nitrogen and oxygen atoms in total. The predicted octanol–water partition coefficient (Wildman–Crippen LogP) is 4.60. The van der Waals surface area contributed by atoms with Crippen LogP contribution in [0.2, 0.25) is 0 Å². The molecule has 2 atom stereocenters. The van der Waals surface area contributed by atoms with Crippen LogP contribution in [0.25, 0.3) is 0 Å². The van der Waals surface area contributed by atoms with Gasteiger partial charge in [0.1, 0.15) is 18.1 Å². The van der Waals surface area contributed by atoms with E-state index in [0.717, 1.165) is 16.9 Å². The van der Waals surface area contributed by atoms with E-state index in [9.17, 15) is 4.79 Å². The highest BCUT2D eigenvalue weighted by atomic mass is 32.2. The third kappa shape index (κ3) is 4.11. The number of benzene rings is 2. The van der Waals surface area contributed by atoms with Crippen LogP contribution in [-0.4, -0.2) is 24.6 Å². The molecule has 1 amide bonds. The van der Waals surface area contributed by atoms with Crippen molar-refractivity contribution >= 4 is 17.9 Å². The molecule has 3 heterocycles. The van der Waals surface area contributed by atoms with Gasteiger partial charge in [0.2, 0.25) is 11.8 Å². The lowest BCUT2D eigenvalue weighted by molar-refractivity contribution is -0.118. The number of nitrogens with one attached hydrogen (secondary N) is 1. The van der Waals surface area contributed by atoms with Crippen LogP contribution in [0.3, 0.4) is 0 Å². The van der Waals surface area contributed by atoms with Crippen molar-refractivity contribution in [3.8, 4) is 28.9 Å². The summed E-state index contributed by atoms with van der Waals surface area (Å²) in [6.45, 7) is 0.398. The quantitative estimate of drug-likeness (QED) is 0.566. The summed E-state index contributed by atoms with van der Waals surface area (Å²) < 4.78 is 25.9. The Morgan fingerprint density at radius 3 is 2.65 bits per heavy atom. The summed E-state index contributed by atoms with van der Waals surface area (Å²) >= 11 is 1.45. The topological polar surface area (TPSA) is 78.9 Å². The van der Waals surface area contributed by atoms with Crippen molar-refractivity contribution in [2.75, 3.05) is 13.7 Å². The van der Waals surface area contributed by atoms with Gasteiger partial charge in [-0.1, -0.05) is 24.3 Å². The Balaban J connectivity index is 1.29. The molecular formula is C23H20N2O5S. The van der Waals surface area contributed by atoms with E-state index >= 15 is 0 Å². The highest BCUT2D eigenvalue weighted by Crippen LogP contribution is 2.44. The first kappa shape index (κ1) is 19.6. The summed E-state index contributed by atoms with van der Waals surface area (Å²) in [5.74, 6) is 3.22. The van der Waals surface area contributed by atoms with E-state index in [1.807, 2.05) is 42.5 Å². The second kappa shape index (κ2) is 8.39. The Morgan fingerprint density at radius 2 is 1.94 bits per heavy atom. The van der Waals surface area contributed by atoms with Crippen LogP contribution < -0.4 is 23.7 Å². The summed E-state index contributed by atoms with van der Waals surface area (Å²) in [7, 11) is 1.57. The molecule has 1 fully saturated rings. The Hall–Kier alpha value is -3.39. The number of aromatic nitrogens is 1. The van der Waals surface area contributed by atoms with Gasteiger partial charge in [-0.05, 0) is 41.8 Å². The maximum atomic E-state index is 11.4. The predicted molar refractivity (Wildman–Crippen MR) is 116 cm³/mol. The molecular weight excluding hydrogens is 416 g/mol. The molecule has 3 aromatic rings. The highest BCUT2D eigenvalue weighted by Gasteiger charge is 2.29. The Kier molecular flexibility index (Phi) is 5.30. The molecule has 2 aliphatic rings. The molecule has 2 aliphatic heterocycles. The SMILES string of the molecule is COc1ccc(Oc2cccc3c2OC[C@H]3Oc2ccc(C3CC(=O)NS3)cc2)cn1. The van der Waals surface area contributed by atoms with Crippen molar-refractivity contribution in [3.05, 3.63) is 71.9 Å². The number of methoxy groups -OCH3 is 1. The lowest BCUT2D eigenvalue weighted by Crippen LogP contribution is -2.08. The molecule has 0 aliphatic carbocycles. The van der Waals surface area contributed by atoms with E-state index in [2.05, 4.69) is 9.71 Å². The van der Waals surface area contributed by atoms with Gasteiger partial charge in [0.25, 0.3) is 0 Å². The number of para-hydroxylation sites is 1. The van der Waals surface area contributed by atoms with Gasteiger partial charge in [-0.25, -0.2) is 4.98 Å². The molecule has 0 saturated carbocycles. The van der Waals surface area contributed by atoms with E-state index < -0.39 is 0 Å². The molecule has 1 unspecified atom stereocenters. The zero-order valence-electron chi connectivity index (χ0n) is 16.7. The van der Waals surface area contributed by atoms with Gasteiger partial charge in [-0.3, -0.25) is 9.52 Å². The molecule has 8 heteroatoms. The van der Waals surface area contributed by atoms with E-state index in [-0.39, 0.29) is 17.3 Å². The Bertz CT molecular complexity index is 1090. The monoisotopic (exact) mass is 436 g/mol. The minimum atomic E-state index is -0.234. The van der Waals surface area contributed by atoms with Crippen LogP contribution in [0.4, 0.5) is 0 Å². The van der Waals surface area contributed by atoms with Gasteiger partial charge in [-0.2, -0.15) is 0 Å². The van der Waals surface area contributed by atoms with Crippen LogP contribution in [0.15, 0.2) is 60.8 Å². The zero-order chi connectivity index (χ0) is 21.2. The molecule has 1 aromatic heterocycles. The average Bonchev–Trinajstić information content (AvgIpc) is 3.42. The zero-order valence-corrected chi connectivity index (χ0v) is 17.6. The normalized spacial score (nSPS) is 19.3. The average molecular weight is 436 g/mol. The van der Waals surface area contributed by atoms with Gasteiger partial charge in [-0.15, -0.1) is 0 Å². The number of carbonyl (C=O) groups is 1. The Morgan fingerprint density at radius 1 is 1.10 bits per heavy atom. The summed E-state index contributed by atoms with van der Waals surface area (Å²) in [6, 6.07) is 17.1. The maximum absolute atomic E-state index is 11.4. The summed E-state index contributed by atoms with van der Waals surface area (Å²) in [5.41, 5.74) is 2.03. The summed E-state index contributed by atoms with van der Waals surface area (Å²) in [6.07, 6.45) is 1.87. The lowest BCUT2D eigenvalue weighted by Gasteiger charge is -2.14. The van der Waals surface area contributed by atoms with Crippen molar-refractivity contribution in [2.45, 2.75) is 17.8 Å². The minimum absolute atomic E-state index is 0.0680. The Labute approximate surface area is 183 Å². The fraction of sp³-hybridized carbons (Fsp3) is 0.217. The number of nitrogens with zero attached hydrogens (tertiary/aromatic N) is 1. The largest absolute Gasteiger partial charge is 0.485 e. The van der Waals surface area contributed by atoms with Crippen LogP contribution in [0.1, 0.15) is 28.9 Å². The van der Waals surface area contributed by atoms with Crippen molar-refractivity contribution in [1.82, 2.24) is 9.71 Å². The molecule has 0 bridgehead atoms. The first-order valence-corrected chi connectivity index (χ1v) is 10.7. The van der Waals surface area contributed by atoms with Crippen molar-refractivity contribution in [1.29, 1.82) is 0 Å². The standard InChI is InChI=1S/C23H20N2O5S/c1-27-22-10-9-16(12-24-22)30-18-4-2-3-17-19(13-28-23(17)18)29-15-7-5-14(6-8-15)20-11-21(26)25-31-20/h2-10,12,19-20H,11,13H2,1H3,(H,25,26)/t19-,20?/m1/s1. The van der Waals surface area contributed by atoms with E-state index in [1.54, 1.807) is 25.4 Å². The van der Waals surface area contributed by atoms with Gasteiger partial charge in [0.15, 0.2) is 17.6 Å².